The number of halogens is 1. The van der Waals surface area contributed by atoms with Crippen LogP contribution in [-0.2, 0) is 11.2 Å². The molecule has 0 aliphatic carbocycles. The molecule has 2 rings (SSSR count). The lowest BCUT2D eigenvalue weighted by Crippen LogP contribution is -2.42. The van der Waals surface area contributed by atoms with Crippen molar-refractivity contribution in [2.75, 3.05) is 19.8 Å². The van der Waals surface area contributed by atoms with E-state index in [0.29, 0.717) is 42.6 Å². The zero-order valence-corrected chi connectivity index (χ0v) is 16.7. The van der Waals surface area contributed by atoms with E-state index in [0.717, 1.165) is 0 Å². The molecule has 0 radical (unpaired) electrons. The standard InChI is InChI=1S/C21H25FN2O5/c1-4-27-17-12-15(13-18(28-5-2)20(17)29-6-3)21(26)24-23-19(25)11-14-8-7-9-16(22)10-14/h7-10,12-13H,4-6,11H2,1-3H3,(H,23,25)(H,24,26). The lowest BCUT2D eigenvalue weighted by molar-refractivity contribution is -0.121. The van der Waals surface area contributed by atoms with E-state index in [9.17, 15) is 14.0 Å². The van der Waals surface area contributed by atoms with Gasteiger partial charge in [0.05, 0.1) is 26.2 Å². The molecule has 0 aromatic heterocycles. The Morgan fingerprint density at radius 2 is 1.52 bits per heavy atom. The van der Waals surface area contributed by atoms with Crippen molar-refractivity contribution in [2.24, 2.45) is 0 Å². The number of rotatable bonds is 9. The first kappa shape index (κ1) is 22.0. The van der Waals surface area contributed by atoms with Gasteiger partial charge in [0.2, 0.25) is 11.7 Å². The normalized spacial score (nSPS) is 10.2. The number of amides is 2. The fourth-order valence-electron chi connectivity index (χ4n) is 2.59. The largest absolute Gasteiger partial charge is 0.490 e. The minimum absolute atomic E-state index is 0.0737. The Morgan fingerprint density at radius 1 is 0.897 bits per heavy atom. The Balaban J connectivity index is 2.11. The number of carbonyl (C=O) groups excluding carboxylic acids is 2. The summed E-state index contributed by atoms with van der Waals surface area (Å²) in [5, 5.41) is 0. The van der Waals surface area contributed by atoms with Crippen molar-refractivity contribution < 1.29 is 28.2 Å². The van der Waals surface area contributed by atoms with Gasteiger partial charge in [-0.05, 0) is 50.6 Å². The van der Waals surface area contributed by atoms with E-state index in [1.54, 1.807) is 6.07 Å². The van der Waals surface area contributed by atoms with Gasteiger partial charge in [-0.1, -0.05) is 12.1 Å². The van der Waals surface area contributed by atoms with Crippen LogP contribution >= 0.6 is 0 Å². The predicted octanol–water partition coefficient (Wildman–Crippen LogP) is 3.03. The molecular formula is C21H25FN2O5. The Bertz CT molecular complexity index is 830. The molecular weight excluding hydrogens is 379 g/mol. The van der Waals surface area contributed by atoms with E-state index >= 15 is 0 Å². The molecule has 0 fully saturated rings. The summed E-state index contributed by atoms with van der Waals surface area (Å²) < 4.78 is 30.0. The van der Waals surface area contributed by atoms with Gasteiger partial charge in [0.15, 0.2) is 11.5 Å². The molecule has 7 nitrogen and oxygen atoms in total. The molecule has 0 saturated heterocycles. The average molecular weight is 404 g/mol. The number of ether oxygens (including phenoxy) is 3. The second-order valence-corrected chi connectivity index (χ2v) is 5.91. The molecule has 2 aromatic carbocycles. The quantitative estimate of drug-likeness (QED) is 0.628. The van der Waals surface area contributed by atoms with Crippen molar-refractivity contribution in [1.29, 1.82) is 0 Å². The van der Waals surface area contributed by atoms with Crippen molar-refractivity contribution in [2.45, 2.75) is 27.2 Å². The third-order valence-electron chi connectivity index (χ3n) is 3.74. The van der Waals surface area contributed by atoms with Crippen LogP contribution in [0, 0.1) is 5.82 Å². The van der Waals surface area contributed by atoms with E-state index in [-0.39, 0.29) is 12.0 Å². The number of nitrogens with one attached hydrogen (secondary N) is 2. The number of hydrogen-bond acceptors (Lipinski definition) is 5. The molecule has 0 heterocycles. The van der Waals surface area contributed by atoms with Crippen molar-refractivity contribution in [3.63, 3.8) is 0 Å². The van der Waals surface area contributed by atoms with Crippen LogP contribution < -0.4 is 25.1 Å². The smallest absolute Gasteiger partial charge is 0.269 e. The van der Waals surface area contributed by atoms with Crippen LogP contribution in [0.5, 0.6) is 17.2 Å². The van der Waals surface area contributed by atoms with E-state index < -0.39 is 17.6 Å². The fraction of sp³-hybridized carbons (Fsp3) is 0.333. The first-order valence-corrected chi connectivity index (χ1v) is 9.38. The second kappa shape index (κ2) is 10.9. The van der Waals surface area contributed by atoms with E-state index in [1.807, 2.05) is 20.8 Å². The molecule has 2 N–H and O–H groups in total. The van der Waals surface area contributed by atoms with E-state index in [2.05, 4.69) is 10.9 Å². The van der Waals surface area contributed by atoms with Gasteiger partial charge < -0.3 is 14.2 Å². The van der Waals surface area contributed by atoms with Crippen molar-refractivity contribution >= 4 is 11.8 Å². The third-order valence-corrected chi connectivity index (χ3v) is 3.74. The molecule has 0 unspecified atom stereocenters. The van der Waals surface area contributed by atoms with Gasteiger partial charge in [0.1, 0.15) is 5.82 Å². The van der Waals surface area contributed by atoms with Gasteiger partial charge in [-0.15, -0.1) is 0 Å². The Labute approximate surface area is 169 Å². The average Bonchev–Trinajstić information content (AvgIpc) is 2.68. The number of hydrogen-bond donors (Lipinski definition) is 2. The third kappa shape index (κ3) is 6.38. The zero-order chi connectivity index (χ0) is 21.2. The molecule has 0 bridgehead atoms. The van der Waals surface area contributed by atoms with Crippen LogP contribution in [0.3, 0.4) is 0 Å². The number of hydrazine groups is 1. The Hall–Kier alpha value is -3.29. The van der Waals surface area contributed by atoms with Gasteiger partial charge in [-0.25, -0.2) is 4.39 Å². The minimum Gasteiger partial charge on any atom is -0.490 e. The summed E-state index contributed by atoms with van der Waals surface area (Å²) in [5.41, 5.74) is 5.38. The summed E-state index contributed by atoms with van der Waals surface area (Å²) in [5.74, 6) is -0.302. The molecule has 8 heteroatoms. The monoisotopic (exact) mass is 404 g/mol. The topological polar surface area (TPSA) is 85.9 Å². The van der Waals surface area contributed by atoms with Crippen molar-refractivity contribution in [1.82, 2.24) is 10.9 Å². The first-order chi connectivity index (χ1) is 14.0. The summed E-state index contributed by atoms with van der Waals surface area (Å²) in [6.07, 6.45) is -0.0737. The van der Waals surface area contributed by atoms with Crippen LogP contribution in [0.15, 0.2) is 36.4 Å². The second-order valence-electron chi connectivity index (χ2n) is 5.91. The maximum absolute atomic E-state index is 13.2. The van der Waals surface area contributed by atoms with E-state index in [4.69, 9.17) is 14.2 Å². The fourth-order valence-corrected chi connectivity index (χ4v) is 2.59. The molecule has 0 aliphatic heterocycles. The molecule has 0 saturated carbocycles. The number of carbonyl (C=O) groups is 2. The minimum atomic E-state index is -0.553. The van der Waals surface area contributed by atoms with Gasteiger partial charge in [0.25, 0.3) is 5.91 Å². The Morgan fingerprint density at radius 3 is 2.07 bits per heavy atom. The van der Waals surface area contributed by atoms with Crippen LogP contribution in [0.1, 0.15) is 36.7 Å². The van der Waals surface area contributed by atoms with Crippen molar-refractivity contribution in [3.8, 4) is 17.2 Å². The van der Waals surface area contributed by atoms with Crippen molar-refractivity contribution in [3.05, 3.63) is 53.3 Å². The maximum Gasteiger partial charge on any atom is 0.269 e. The molecule has 0 aliphatic rings. The maximum atomic E-state index is 13.2. The molecule has 0 atom stereocenters. The highest BCUT2D eigenvalue weighted by molar-refractivity contribution is 5.96. The van der Waals surface area contributed by atoms with Crippen LogP contribution in [0.4, 0.5) is 4.39 Å². The van der Waals surface area contributed by atoms with Crippen LogP contribution in [0.2, 0.25) is 0 Å². The summed E-state index contributed by atoms with van der Waals surface area (Å²) in [7, 11) is 0. The molecule has 2 amide bonds. The van der Waals surface area contributed by atoms with Gasteiger partial charge in [-0.3, -0.25) is 20.4 Å². The highest BCUT2D eigenvalue weighted by Gasteiger charge is 2.18. The van der Waals surface area contributed by atoms with Gasteiger partial charge in [0, 0.05) is 5.56 Å². The van der Waals surface area contributed by atoms with Crippen LogP contribution in [0.25, 0.3) is 0 Å². The lowest BCUT2D eigenvalue weighted by atomic mass is 10.1. The molecule has 2 aromatic rings. The van der Waals surface area contributed by atoms with Gasteiger partial charge >= 0.3 is 0 Å². The molecule has 156 valence electrons. The summed E-state index contributed by atoms with van der Waals surface area (Å²) >= 11 is 0. The Kier molecular flexibility index (Phi) is 8.27. The van der Waals surface area contributed by atoms with Gasteiger partial charge in [-0.2, -0.15) is 0 Å². The molecule has 0 spiro atoms. The van der Waals surface area contributed by atoms with E-state index in [1.165, 1.54) is 30.3 Å². The predicted molar refractivity (Wildman–Crippen MR) is 106 cm³/mol. The zero-order valence-electron chi connectivity index (χ0n) is 16.7. The SMILES string of the molecule is CCOc1cc(C(=O)NNC(=O)Cc2cccc(F)c2)cc(OCC)c1OCC. The summed E-state index contributed by atoms with van der Waals surface area (Å²) in [6, 6.07) is 8.73. The highest BCUT2D eigenvalue weighted by atomic mass is 19.1. The highest BCUT2D eigenvalue weighted by Crippen LogP contribution is 2.39. The molecule has 29 heavy (non-hydrogen) atoms. The lowest BCUT2D eigenvalue weighted by Gasteiger charge is -2.17. The van der Waals surface area contributed by atoms with Crippen LogP contribution in [-0.4, -0.2) is 31.6 Å². The summed E-state index contributed by atoms with van der Waals surface area (Å²) in [6.45, 7) is 6.62. The first-order valence-electron chi connectivity index (χ1n) is 9.38. The number of benzene rings is 2. The summed E-state index contributed by atoms with van der Waals surface area (Å²) in [4.78, 5) is 24.5.